The highest BCUT2D eigenvalue weighted by Gasteiger charge is 2.46. The molecule has 0 radical (unpaired) electrons. The third-order valence-corrected chi connectivity index (χ3v) is 9.34. The average Bonchev–Trinajstić information content (AvgIpc) is 2.78. The standard InChI is InChI=1S/C29H39NO4S/c1-20-13-14-24-23(17-20)27-25(31)18-21(19-26(27)34-29(24,4)5)28(2,3)15-9-10-16-30-35(32,33)22-11-7-6-8-12-22/h6-8,11-13,18-19,23-24,30-31H,9-10,14-17H2,1-5H3. The van der Waals surface area contributed by atoms with E-state index in [1.807, 2.05) is 6.07 Å². The van der Waals surface area contributed by atoms with Gasteiger partial charge in [0.15, 0.2) is 0 Å². The summed E-state index contributed by atoms with van der Waals surface area (Å²) >= 11 is 0. The van der Waals surface area contributed by atoms with Gasteiger partial charge in [-0.15, -0.1) is 0 Å². The minimum atomic E-state index is -3.47. The van der Waals surface area contributed by atoms with E-state index in [0.29, 0.717) is 23.1 Å². The summed E-state index contributed by atoms with van der Waals surface area (Å²) in [7, 11) is -3.47. The molecule has 0 amide bonds. The van der Waals surface area contributed by atoms with Gasteiger partial charge < -0.3 is 9.84 Å². The zero-order chi connectivity index (χ0) is 25.4. The Balaban J connectivity index is 1.43. The quantitative estimate of drug-likeness (QED) is 0.325. The van der Waals surface area contributed by atoms with Crippen molar-refractivity contribution in [2.75, 3.05) is 6.54 Å². The third kappa shape index (κ3) is 5.44. The minimum Gasteiger partial charge on any atom is -0.508 e. The molecule has 2 unspecified atom stereocenters. The molecule has 190 valence electrons. The Morgan fingerprint density at radius 2 is 1.86 bits per heavy atom. The monoisotopic (exact) mass is 497 g/mol. The smallest absolute Gasteiger partial charge is 0.240 e. The van der Waals surface area contributed by atoms with E-state index >= 15 is 0 Å². The molecule has 5 nitrogen and oxygen atoms in total. The molecule has 2 atom stereocenters. The zero-order valence-corrected chi connectivity index (χ0v) is 22.4. The minimum absolute atomic E-state index is 0.183. The van der Waals surface area contributed by atoms with E-state index in [9.17, 15) is 13.5 Å². The van der Waals surface area contributed by atoms with Crippen LogP contribution >= 0.6 is 0 Å². The number of aromatic hydroxyl groups is 1. The third-order valence-electron chi connectivity index (χ3n) is 7.86. The number of rotatable bonds is 8. The second-order valence-corrected chi connectivity index (χ2v) is 13.1. The van der Waals surface area contributed by atoms with Crippen molar-refractivity contribution in [3.05, 3.63) is 65.2 Å². The fourth-order valence-electron chi connectivity index (χ4n) is 5.68. The lowest BCUT2D eigenvalue weighted by atomic mass is 9.66. The predicted octanol–water partition coefficient (Wildman–Crippen LogP) is 6.43. The zero-order valence-electron chi connectivity index (χ0n) is 21.6. The van der Waals surface area contributed by atoms with Crippen LogP contribution in [0.2, 0.25) is 0 Å². The Kier molecular flexibility index (Phi) is 7.09. The van der Waals surface area contributed by atoms with Crippen LogP contribution in [0.3, 0.4) is 0 Å². The van der Waals surface area contributed by atoms with Gasteiger partial charge in [0.2, 0.25) is 10.0 Å². The van der Waals surface area contributed by atoms with E-state index in [-0.39, 0.29) is 16.9 Å². The maximum atomic E-state index is 12.4. The van der Waals surface area contributed by atoms with Crippen LogP contribution in [0, 0.1) is 5.92 Å². The van der Waals surface area contributed by atoms with E-state index in [0.717, 1.165) is 49.0 Å². The molecule has 0 fully saturated rings. The normalized spacial score (nSPS) is 21.5. The van der Waals surface area contributed by atoms with Crippen molar-refractivity contribution >= 4 is 10.0 Å². The largest absolute Gasteiger partial charge is 0.508 e. The number of ether oxygens (including phenoxy) is 1. The summed E-state index contributed by atoms with van der Waals surface area (Å²) in [6.45, 7) is 11.2. The maximum absolute atomic E-state index is 12.4. The lowest BCUT2D eigenvalue weighted by Crippen LogP contribution is -2.45. The molecule has 0 spiro atoms. The van der Waals surface area contributed by atoms with Crippen molar-refractivity contribution in [2.45, 2.75) is 88.6 Å². The van der Waals surface area contributed by atoms with Gasteiger partial charge in [-0.25, -0.2) is 13.1 Å². The van der Waals surface area contributed by atoms with Crippen LogP contribution in [0.1, 0.15) is 83.8 Å². The summed E-state index contributed by atoms with van der Waals surface area (Å²) in [5.41, 5.74) is 2.91. The van der Waals surface area contributed by atoms with E-state index in [4.69, 9.17) is 4.74 Å². The highest BCUT2D eigenvalue weighted by Crippen LogP contribution is 2.54. The summed E-state index contributed by atoms with van der Waals surface area (Å²) in [6.07, 6.45) is 6.72. The van der Waals surface area contributed by atoms with Gasteiger partial charge in [0, 0.05) is 23.9 Å². The summed E-state index contributed by atoms with van der Waals surface area (Å²) < 4.78 is 34.0. The summed E-state index contributed by atoms with van der Waals surface area (Å²) in [5, 5.41) is 11.1. The predicted molar refractivity (Wildman–Crippen MR) is 141 cm³/mol. The van der Waals surface area contributed by atoms with E-state index in [1.165, 1.54) is 5.57 Å². The number of hydrogen-bond acceptors (Lipinski definition) is 4. The molecule has 0 saturated carbocycles. The van der Waals surface area contributed by atoms with Crippen LogP contribution in [0.15, 0.2) is 59.0 Å². The topological polar surface area (TPSA) is 75.6 Å². The van der Waals surface area contributed by atoms with Crippen LogP contribution < -0.4 is 9.46 Å². The lowest BCUT2D eigenvalue weighted by Gasteiger charge is -2.47. The van der Waals surface area contributed by atoms with Gasteiger partial charge in [-0.1, -0.05) is 50.1 Å². The first-order valence-corrected chi connectivity index (χ1v) is 14.2. The van der Waals surface area contributed by atoms with Crippen LogP contribution in [-0.2, 0) is 15.4 Å². The molecule has 1 aliphatic carbocycles. The Bertz CT molecular complexity index is 1200. The van der Waals surface area contributed by atoms with Gasteiger partial charge >= 0.3 is 0 Å². The SMILES string of the molecule is CC1=CCC2C(C1)c1c(O)cc(C(C)(C)CCCCNS(=O)(=O)c3ccccc3)cc1OC2(C)C. The Hall–Kier alpha value is -2.31. The number of nitrogens with one attached hydrogen (secondary N) is 1. The first-order chi connectivity index (χ1) is 16.4. The summed E-state index contributed by atoms with van der Waals surface area (Å²) in [4.78, 5) is 0.290. The van der Waals surface area contributed by atoms with E-state index in [1.54, 1.807) is 30.3 Å². The fraction of sp³-hybridized carbons (Fsp3) is 0.517. The van der Waals surface area contributed by atoms with Crippen LogP contribution in [0.5, 0.6) is 11.5 Å². The first-order valence-electron chi connectivity index (χ1n) is 12.7. The van der Waals surface area contributed by atoms with Crippen LogP contribution in [0.4, 0.5) is 0 Å². The molecule has 2 aromatic carbocycles. The molecule has 2 N–H and O–H groups in total. The molecule has 35 heavy (non-hydrogen) atoms. The molecular weight excluding hydrogens is 458 g/mol. The molecule has 0 aromatic heterocycles. The molecule has 1 aliphatic heterocycles. The fourth-order valence-corrected chi connectivity index (χ4v) is 6.78. The van der Waals surface area contributed by atoms with E-state index < -0.39 is 10.0 Å². The number of benzene rings is 2. The lowest BCUT2D eigenvalue weighted by molar-refractivity contribution is 0.00741. The molecule has 2 aliphatic rings. The van der Waals surface area contributed by atoms with Gasteiger partial charge in [0.05, 0.1) is 4.90 Å². The number of fused-ring (bicyclic) bond motifs is 3. The van der Waals surface area contributed by atoms with Crippen molar-refractivity contribution < 1.29 is 18.3 Å². The number of allylic oxidation sites excluding steroid dienone is 2. The number of hydrogen-bond donors (Lipinski definition) is 2. The second kappa shape index (κ2) is 9.62. The molecule has 6 heteroatoms. The summed E-state index contributed by atoms with van der Waals surface area (Å²) in [5.74, 6) is 1.77. The van der Waals surface area contributed by atoms with Gasteiger partial charge in [-0.3, -0.25) is 0 Å². The van der Waals surface area contributed by atoms with Crippen molar-refractivity contribution in [2.24, 2.45) is 5.92 Å². The van der Waals surface area contributed by atoms with Crippen LogP contribution in [-0.4, -0.2) is 25.7 Å². The van der Waals surface area contributed by atoms with Gasteiger partial charge in [-0.05, 0) is 81.7 Å². The van der Waals surface area contributed by atoms with Gasteiger partial charge in [0.25, 0.3) is 0 Å². The van der Waals surface area contributed by atoms with Crippen molar-refractivity contribution in [1.82, 2.24) is 4.72 Å². The summed E-state index contributed by atoms with van der Waals surface area (Å²) in [6, 6.07) is 12.5. The molecular formula is C29H39NO4S. The maximum Gasteiger partial charge on any atom is 0.240 e. The number of phenols is 1. The van der Waals surface area contributed by atoms with Gasteiger partial charge in [-0.2, -0.15) is 0 Å². The van der Waals surface area contributed by atoms with Crippen LogP contribution in [0.25, 0.3) is 0 Å². The van der Waals surface area contributed by atoms with Crippen molar-refractivity contribution in [3.8, 4) is 11.5 Å². The molecule has 4 rings (SSSR count). The highest BCUT2D eigenvalue weighted by molar-refractivity contribution is 7.89. The van der Waals surface area contributed by atoms with E-state index in [2.05, 4.69) is 51.5 Å². The van der Waals surface area contributed by atoms with Crippen molar-refractivity contribution in [1.29, 1.82) is 0 Å². The average molecular weight is 498 g/mol. The number of unbranched alkanes of at least 4 members (excludes halogenated alkanes) is 1. The van der Waals surface area contributed by atoms with Crippen molar-refractivity contribution in [3.63, 3.8) is 0 Å². The molecule has 2 aromatic rings. The second-order valence-electron chi connectivity index (χ2n) is 11.4. The Labute approximate surface area is 210 Å². The van der Waals surface area contributed by atoms with Gasteiger partial charge in [0.1, 0.15) is 17.1 Å². The Morgan fingerprint density at radius 1 is 1.14 bits per heavy atom. The number of phenolic OH excluding ortho intramolecular Hbond substituents is 1. The molecule has 0 bridgehead atoms. The molecule has 1 heterocycles. The molecule has 0 saturated heterocycles. The highest BCUT2D eigenvalue weighted by atomic mass is 32.2. The first kappa shape index (κ1) is 25.8. The number of sulfonamides is 1. The Morgan fingerprint density at radius 3 is 2.57 bits per heavy atom.